The Kier molecular flexibility index (Phi) is 3.85. The molecule has 3 heterocycles. The van der Waals surface area contributed by atoms with Crippen LogP contribution in [0.25, 0.3) is 10.7 Å². The highest BCUT2D eigenvalue weighted by molar-refractivity contribution is 7.13. The van der Waals surface area contributed by atoms with Crippen molar-refractivity contribution in [3.8, 4) is 10.7 Å². The molecule has 0 bridgehead atoms. The molecular weight excluding hydrogens is 308 g/mol. The zero-order valence-corrected chi connectivity index (χ0v) is 13.1. The van der Waals surface area contributed by atoms with E-state index in [0.29, 0.717) is 11.4 Å². The van der Waals surface area contributed by atoms with Crippen LogP contribution >= 0.6 is 22.7 Å². The lowest BCUT2D eigenvalue weighted by Gasteiger charge is -2.00. The lowest BCUT2D eigenvalue weighted by Crippen LogP contribution is -2.05. The Morgan fingerprint density at radius 2 is 2.29 bits per heavy atom. The van der Waals surface area contributed by atoms with Crippen molar-refractivity contribution < 1.29 is 14.1 Å². The zero-order valence-electron chi connectivity index (χ0n) is 11.5. The summed E-state index contributed by atoms with van der Waals surface area (Å²) in [6.45, 7) is 3.83. The van der Waals surface area contributed by atoms with Gasteiger partial charge in [-0.15, -0.1) is 22.7 Å². The van der Waals surface area contributed by atoms with Gasteiger partial charge >= 0.3 is 5.97 Å². The van der Waals surface area contributed by atoms with Crippen LogP contribution in [0.2, 0.25) is 0 Å². The number of nitrogens with zero attached hydrogens (tertiary/aromatic N) is 2. The van der Waals surface area contributed by atoms with E-state index in [-0.39, 0.29) is 18.5 Å². The van der Waals surface area contributed by atoms with Crippen molar-refractivity contribution in [3.05, 3.63) is 44.8 Å². The summed E-state index contributed by atoms with van der Waals surface area (Å²) in [7, 11) is 0. The largest absolute Gasteiger partial charge is 0.452 e. The number of esters is 1. The van der Waals surface area contributed by atoms with E-state index in [2.05, 4.69) is 10.1 Å². The number of aryl methyl sites for hydroxylation is 2. The van der Waals surface area contributed by atoms with Crippen molar-refractivity contribution in [3.63, 3.8) is 0 Å². The average Bonchev–Trinajstić information content (AvgIpc) is 3.15. The van der Waals surface area contributed by atoms with Gasteiger partial charge in [0.25, 0.3) is 5.89 Å². The van der Waals surface area contributed by atoms with Gasteiger partial charge in [-0.05, 0) is 31.4 Å². The third-order valence-electron chi connectivity index (χ3n) is 2.80. The Balaban J connectivity index is 1.65. The number of aromatic nitrogens is 2. The number of ether oxygens (including phenoxy) is 1. The quantitative estimate of drug-likeness (QED) is 0.683. The summed E-state index contributed by atoms with van der Waals surface area (Å²) in [5, 5.41) is 5.80. The fourth-order valence-electron chi connectivity index (χ4n) is 1.86. The third-order valence-corrected chi connectivity index (χ3v) is 4.63. The molecule has 3 aromatic heterocycles. The summed E-state index contributed by atoms with van der Waals surface area (Å²) >= 11 is 3.09. The molecule has 0 radical (unpaired) electrons. The Bertz CT molecular complexity index is 759. The van der Waals surface area contributed by atoms with Crippen LogP contribution in [0.3, 0.4) is 0 Å². The molecule has 0 fully saturated rings. The number of carbonyl (C=O) groups excluding carboxylic acids is 1. The third kappa shape index (κ3) is 3.03. The molecular formula is C14H12N2O3S2. The molecule has 7 heteroatoms. The summed E-state index contributed by atoms with van der Waals surface area (Å²) in [5.41, 5.74) is 0.593. The highest BCUT2D eigenvalue weighted by Gasteiger charge is 2.16. The lowest BCUT2D eigenvalue weighted by molar-refractivity contribution is 0.0429. The topological polar surface area (TPSA) is 65.2 Å². The molecule has 0 aromatic carbocycles. The maximum Gasteiger partial charge on any atom is 0.339 e. The minimum atomic E-state index is -0.368. The second kappa shape index (κ2) is 5.79. The van der Waals surface area contributed by atoms with Gasteiger partial charge in [-0.25, -0.2) is 4.79 Å². The average molecular weight is 320 g/mol. The first-order valence-electron chi connectivity index (χ1n) is 6.24. The summed E-state index contributed by atoms with van der Waals surface area (Å²) < 4.78 is 10.3. The molecule has 0 atom stereocenters. The Morgan fingerprint density at radius 3 is 2.95 bits per heavy atom. The molecule has 0 spiro atoms. The fourth-order valence-corrected chi connectivity index (χ4v) is 3.42. The van der Waals surface area contributed by atoms with Crippen molar-refractivity contribution in [1.29, 1.82) is 0 Å². The highest BCUT2D eigenvalue weighted by Crippen LogP contribution is 2.23. The van der Waals surface area contributed by atoms with Gasteiger partial charge in [0, 0.05) is 9.75 Å². The van der Waals surface area contributed by atoms with Gasteiger partial charge < -0.3 is 9.26 Å². The maximum atomic E-state index is 12.0. The molecule has 0 aliphatic carbocycles. The van der Waals surface area contributed by atoms with Crippen molar-refractivity contribution in [2.75, 3.05) is 0 Å². The van der Waals surface area contributed by atoms with Crippen molar-refractivity contribution in [2.45, 2.75) is 20.5 Å². The SMILES string of the molecule is Cc1cc(C(=O)OCc2nc(-c3cccs3)no2)c(C)s1. The van der Waals surface area contributed by atoms with Gasteiger partial charge in [-0.3, -0.25) is 0 Å². The molecule has 5 nitrogen and oxygen atoms in total. The van der Waals surface area contributed by atoms with Crippen molar-refractivity contribution in [2.24, 2.45) is 0 Å². The summed E-state index contributed by atoms with van der Waals surface area (Å²) in [6, 6.07) is 5.65. The summed E-state index contributed by atoms with van der Waals surface area (Å²) in [4.78, 5) is 19.1. The van der Waals surface area contributed by atoms with Crippen molar-refractivity contribution >= 4 is 28.6 Å². The maximum absolute atomic E-state index is 12.0. The Morgan fingerprint density at radius 1 is 1.43 bits per heavy atom. The van der Waals surface area contributed by atoms with E-state index in [1.54, 1.807) is 11.3 Å². The molecule has 3 aromatic rings. The van der Waals surface area contributed by atoms with Gasteiger partial charge in [0.1, 0.15) is 0 Å². The number of hydrogen-bond acceptors (Lipinski definition) is 7. The molecule has 0 saturated heterocycles. The van der Waals surface area contributed by atoms with E-state index in [1.165, 1.54) is 11.3 Å². The van der Waals surface area contributed by atoms with Crippen LogP contribution in [0.15, 0.2) is 28.1 Å². The number of thiophene rings is 2. The van der Waals surface area contributed by atoms with Crippen LogP contribution < -0.4 is 0 Å². The molecule has 3 rings (SSSR count). The van der Waals surface area contributed by atoms with Crippen LogP contribution in [-0.4, -0.2) is 16.1 Å². The van der Waals surface area contributed by atoms with E-state index in [9.17, 15) is 4.79 Å². The first kappa shape index (κ1) is 14.0. The first-order valence-corrected chi connectivity index (χ1v) is 7.93. The van der Waals surface area contributed by atoms with Crippen LogP contribution in [0.4, 0.5) is 0 Å². The normalized spacial score (nSPS) is 10.8. The van der Waals surface area contributed by atoms with Crippen LogP contribution in [0.1, 0.15) is 26.0 Å². The number of rotatable bonds is 4. The molecule has 0 aliphatic rings. The van der Waals surface area contributed by atoms with Gasteiger partial charge in [-0.1, -0.05) is 11.2 Å². The molecule has 0 N–H and O–H groups in total. The second-order valence-electron chi connectivity index (χ2n) is 4.39. The number of carbonyl (C=O) groups is 1. The molecule has 21 heavy (non-hydrogen) atoms. The van der Waals surface area contributed by atoms with Crippen LogP contribution in [0, 0.1) is 13.8 Å². The molecule has 0 aliphatic heterocycles. The smallest absolute Gasteiger partial charge is 0.339 e. The molecule has 0 unspecified atom stereocenters. The standard InChI is InChI=1S/C14H12N2O3S2/c1-8-6-10(9(2)21-8)14(17)18-7-12-15-13(16-19-12)11-4-3-5-20-11/h3-6H,7H2,1-2H3. The van der Waals surface area contributed by atoms with E-state index < -0.39 is 0 Å². The monoisotopic (exact) mass is 320 g/mol. The highest BCUT2D eigenvalue weighted by atomic mass is 32.1. The van der Waals surface area contributed by atoms with E-state index in [4.69, 9.17) is 9.26 Å². The predicted molar refractivity (Wildman–Crippen MR) is 80.5 cm³/mol. The Labute approximate surface area is 129 Å². The fraction of sp³-hybridized carbons (Fsp3) is 0.214. The number of hydrogen-bond donors (Lipinski definition) is 0. The minimum absolute atomic E-state index is 0.0223. The molecule has 108 valence electrons. The van der Waals surface area contributed by atoms with Gasteiger partial charge in [0.05, 0.1) is 10.4 Å². The van der Waals surface area contributed by atoms with Crippen LogP contribution in [0.5, 0.6) is 0 Å². The first-order chi connectivity index (χ1) is 10.1. The van der Waals surface area contributed by atoms with Crippen LogP contribution in [-0.2, 0) is 11.3 Å². The lowest BCUT2D eigenvalue weighted by atomic mass is 10.2. The summed E-state index contributed by atoms with van der Waals surface area (Å²) in [5.74, 6) is 0.433. The zero-order chi connectivity index (χ0) is 14.8. The molecule has 0 amide bonds. The van der Waals surface area contributed by atoms with E-state index in [1.807, 2.05) is 37.4 Å². The van der Waals surface area contributed by atoms with Gasteiger partial charge in [0.15, 0.2) is 6.61 Å². The predicted octanol–water partition coefficient (Wildman–Crippen LogP) is 3.83. The Hall–Kier alpha value is -1.99. The minimum Gasteiger partial charge on any atom is -0.452 e. The second-order valence-corrected chi connectivity index (χ2v) is 6.80. The molecule has 0 saturated carbocycles. The van der Waals surface area contributed by atoms with Crippen molar-refractivity contribution in [1.82, 2.24) is 10.1 Å². The summed E-state index contributed by atoms with van der Waals surface area (Å²) in [6.07, 6.45) is 0. The van der Waals surface area contributed by atoms with E-state index >= 15 is 0 Å². The van der Waals surface area contributed by atoms with Gasteiger partial charge in [0.2, 0.25) is 5.82 Å². The van der Waals surface area contributed by atoms with E-state index in [0.717, 1.165) is 14.6 Å². The van der Waals surface area contributed by atoms with Gasteiger partial charge in [-0.2, -0.15) is 4.98 Å².